The maximum absolute atomic E-state index is 13.2. The minimum Gasteiger partial charge on any atom is -0.480 e. The summed E-state index contributed by atoms with van der Waals surface area (Å²) in [6, 6.07) is 2.94. The fourth-order valence-corrected chi connectivity index (χ4v) is 2.96. The molecular formula is C13H15FN2O4S. The van der Waals surface area contributed by atoms with Crippen LogP contribution in [0, 0.1) is 23.1 Å². The number of benzene rings is 1. The molecule has 2 N–H and O–H groups in total. The van der Waals surface area contributed by atoms with Crippen LogP contribution in [0.1, 0.15) is 25.8 Å². The van der Waals surface area contributed by atoms with Gasteiger partial charge in [-0.15, -0.1) is 0 Å². The second-order valence-electron chi connectivity index (χ2n) is 4.58. The predicted octanol–water partition coefficient (Wildman–Crippen LogP) is 1.47. The number of carbonyl (C=O) groups is 1. The van der Waals surface area contributed by atoms with Crippen LogP contribution < -0.4 is 4.72 Å². The van der Waals surface area contributed by atoms with Gasteiger partial charge in [0.15, 0.2) is 0 Å². The van der Waals surface area contributed by atoms with E-state index >= 15 is 0 Å². The summed E-state index contributed by atoms with van der Waals surface area (Å²) in [6.07, 6.45) is 0.465. The van der Waals surface area contributed by atoms with E-state index in [1.807, 2.05) is 0 Å². The van der Waals surface area contributed by atoms with Gasteiger partial charge in [-0.3, -0.25) is 4.79 Å². The van der Waals surface area contributed by atoms with E-state index in [1.54, 1.807) is 13.8 Å². The lowest BCUT2D eigenvalue weighted by Gasteiger charge is -2.20. The van der Waals surface area contributed by atoms with Gasteiger partial charge >= 0.3 is 5.97 Å². The van der Waals surface area contributed by atoms with Crippen LogP contribution >= 0.6 is 0 Å². The molecule has 0 heterocycles. The average molecular weight is 314 g/mol. The van der Waals surface area contributed by atoms with Crippen molar-refractivity contribution in [3.8, 4) is 6.07 Å². The third kappa shape index (κ3) is 4.00. The molecule has 0 aromatic heterocycles. The minimum absolute atomic E-state index is 0.352. The zero-order valence-electron chi connectivity index (χ0n) is 11.5. The number of carboxylic acid groups (broad SMARTS) is 1. The Morgan fingerprint density at radius 2 is 2.14 bits per heavy atom. The normalized spacial score (nSPS) is 14.2. The number of hydrogen-bond donors (Lipinski definition) is 2. The van der Waals surface area contributed by atoms with Crippen molar-refractivity contribution in [1.29, 1.82) is 5.26 Å². The maximum Gasteiger partial charge on any atom is 0.322 e. The van der Waals surface area contributed by atoms with Gasteiger partial charge in [0.05, 0.1) is 10.5 Å². The van der Waals surface area contributed by atoms with Crippen molar-refractivity contribution in [2.24, 2.45) is 5.92 Å². The van der Waals surface area contributed by atoms with Gasteiger partial charge in [-0.2, -0.15) is 9.98 Å². The van der Waals surface area contributed by atoms with E-state index in [0.717, 1.165) is 18.2 Å². The molecule has 1 rings (SSSR count). The van der Waals surface area contributed by atoms with E-state index in [9.17, 15) is 17.6 Å². The van der Waals surface area contributed by atoms with Crippen molar-refractivity contribution in [3.63, 3.8) is 0 Å². The molecule has 1 aromatic carbocycles. The highest BCUT2D eigenvalue weighted by Crippen LogP contribution is 2.17. The molecule has 0 unspecified atom stereocenters. The maximum atomic E-state index is 13.2. The topological polar surface area (TPSA) is 107 Å². The van der Waals surface area contributed by atoms with Crippen molar-refractivity contribution >= 4 is 16.0 Å². The monoisotopic (exact) mass is 314 g/mol. The largest absolute Gasteiger partial charge is 0.480 e. The van der Waals surface area contributed by atoms with Crippen LogP contribution in [0.15, 0.2) is 23.1 Å². The lowest BCUT2D eigenvalue weighted by Crippen LogP contribution is -2.44. The fourth-order valence-electron chi connectivity index (χ4n) is 1.64. The van der Waals surface area contributed by atoms with Crippen molar-refractivity contribution < 1.29 is 22.7 Å². The molecular weight excluding hydrogens is 299 g/mol. The molecule has 0 aliphatic heterocycles. The number of halogens is 1. The molecule has 0 spiro atoms. The molecule has 0 saturated carbocycles. The summed E-state index contributed by atoms with van der Waals surface area (Å²) in [5.74, 6) is -2.56. The Morgan fingerprint density at radius 3 is 2.62 bits per heavy atom. The smallest absolute Gasteiger partial charge is 0.322 e. The number of aliphatic carboxylic acids is 1. The molecule has 2 atom stereocenters. The van der Waals surface area contributed by atoms with E-state index < -0.39 is 39.3 Å². The summed E-state index contributed by atoms with van der Waals surface area (Å²) in [7, 11) is -4.16. The first-order chi connectivity index (χ1) is 9.72. The SMILES string of the molecule is CC[C@H](C)[C@H](NS(=O)(=O)c1ccc(F)c(C#N)c1)C(=O)O. The van der Waals surface area contributed by atoms with Crippen LogP contribution in [0.2, 0.25) is 0 Å². The third-order valence-electron chi connectivity index (χ3n) is 3.13. The Kier molecular flexibility index (Phi) is 5.41. The molecule has 0 aliphatic carbocycles. The number of nitrogens with zero attached hydrogens (tertiary/aromatic N) is 1. The second kappa shape index (κ2) is 6.65. The second-order valence-corrected chi connectivity index (χ2v) is 6.29. The molecule has 0 aliphatic rings. The van der Waals surface area contributed by atoms with Crippen LogP contribution in [-0.2, 0) is 14.8 Å². The molecule has 0 fully saturated rings. The van der Waals surface area contributed by atoms with Gasteiger partial charge in [0, 0.05) is 0 Å². The molecule has 114 valence electrons. The lowest BCUT2D eigenvalue weighted by molar-refractivity contribution is -0.140. The zero-order valence-corrected chi connectivity index (χ0v) is 12.3. The van der Waals surface area contributed by atoms with E-state index in [2.05, 4.69) is 4.72 Å². The first-order valence-corrected chi connectivity index (χ1v) is 7.66. The highest BCUT2D eigenvalue weighted by Gasteiger charge is 2.29. The number of nitriles is 1. The van der Waals surface area contributed by atoms with Crippen LogP contribution in [-0.4, -0.2) is 25.5 Å². The number of sulfonamides is 1. The van der Waals surface area contributed by atoms with E-state index in [0.29, 0.717) is 6.42 Å². The van der Waals surface area contributed by atoms with Crippen LogP contribution in [0.4, 0.5) is 4.39 Å². The Balaban J connectivity index is 3.17. The van der Waals surface area contributed by atoms with Crippen molar-refractivity contribution in [2.45, 2.75) is 31.2 Å². The number of rotatable bonds is 6. The first kappa shape index (κ1) is 17.1. The summed E-state index contributed by atoms with van der Waals surface area (Å²) in [6.45, 7) is 3.34. The number of nitrogens with one attached hydrogen (secondary N) is 1. The van der Waals surface area contributed by atoms with Gasteiger partial charge in [0.25, 0.3) is 0 Å². The zero-order chi connectivity index (χ0) is 16.2. The minimum atomic E-state index is -4.16. The molecule has 0 saturated heterocycles. The Bertz CT molecular complexity index is 682. The van der Waals surface area contributed by atoms with Gasteiger partial charge in [-0.05, 0) is 24.1 Å². The third-order valence-corrected chi connectivity index (χ3v) is 4.57. The van der Waals surface area contributed by atoms with Crippen molar-refractivity contribution in [2.75, 3.05) is 0 Å². The van der Waals surface area contributed by atoms with Crippen molar-refractivity contribution in [3.05, 3.63) is 29.6 Å². The summed E-state index contributed by atoms with van der Waals surface area (Å²) in [4.78, 5) is 10.8. The number of hydrogen-bond acceptors (Lipinski definition) is 4. The average Bonchev–Trinajstić information content (AvgIpc) is 2.44. The molecule has 1 aromatic rings. The van der Waals surface area contributed by atoms with Crippen LogP contribution in [0.3, 0.4) is 0 Å². The standard InChI is InChI=1S/C13H15FN2O4S/c1-3-8(2)12(13(17)18)16-21(19,20)10-4-5-11(14)9(6-10)7-15/h4-6,8,12,16H,3H2,1-2H3,(H,17,18)/t8-,12-/m0/s1. The van der Waals surface area contributed by atoms with Crippen molar-refractivity contribution in [1.82, 2.24) is 4.72 Å². The van der Waals surface area contributed by atoms with Gasteiger partial charge < -0.3 is 5.11 Å². The highest BCUT2D eigenvalue weighted by molar-refractivity contribution is 7.89. The van der Waals surface area contributed by atoms with Gasteiger partial charge in [-0.1, -0.05) is 20.3 Å². The highest BCUT2D eigenvalue weighted by atomic mass is 32.2. The molecule has 21 heavy (non-hydrogen) atoms. The molecule has 0 amide bonds. The Morgan fingerprint density at radius 1 is 1.52 bits per heavy atom. The lowest BCUT2D eigenvalue weighted by atomic mass is 10.0. The van der Waals surface area contributed by atoms with E-state index in [-0.39, 0.29) is 4.90 Å². The molecule has 0 radical (unpaired) electrons. The van der Waals surface area contributed by atoms with Crippen LogP contribution in [0.25, 0.3) is 0 Å². The van der Waals surface area contributed by atoms with Gasteiger partial charge in [0.1, 0.15) is 17.9 Å². The number of carboxylic acids is 1. The molecule has 8 heteroatoms. The van der Waals surface area contributed by atoms with E-state index in [1.165, 1.54) is 6.07 Å². The quantitative estimate of drug-likeness (QED) is 0.827. The Hall–Kier alpha value is -1.98. The first-order valence-electron chi connectivity index (χ1n) is 6.17. The van der Waals surface area contributed by atoms with Gasteiger partial charge in [0.2, 0.25) is 10.0 Å². The van der Waals surface area contributed by atoms with E-state index in [4.69, 9.17) is 10.4 Å². The van der Waals surface area contributed by atoms with Crippen LogP contribution in [0.5, 0.6) is 0 Å². The summed E-state index contributed by atoms with van der Waals surface area (Å²) in [5, 5.41) is 17.8. The summed E-state index contributed by atoms with van der Waals surface area (Å²) >= 11 is 0. The predicted molar refractivity (Wildman–Crippen MR) is 72.3 cm³/mol. The summed E-state index contributed by atoms with van der Waals surface area (Å²) in [5.41, 5.74) is -0.423. The van der Waals surface area contributed by atoms with Gasteiger partial charge in [-0.25, -0.2) is 12.8 Å². The Labute approximate surface area is 122 Å². The molecule has 0 bridgehead atoms. The fraction of sp³-hybridized carbons (Fsp3) is 0.385. The molecule has 6 nitrogen and oxygen atoms in total. The summed E-state index contributed by atoms with van der Waals surface area (Å²) < 4.78 is 39.6.